The van der Waals surface area contributed by atoms with E-state index < -0.39 is 58.0 Å². The van der Waals surface area contributed by atoms with Crippen LogP contribution in [0.25, 0.3) is 0 Å². The van der Waals surface area contributed by atoms with E-state index in [0.717, 1.165) is 5.56 Å². The number of nitrogens with one attached hydrogen (secondary N) is 1. The first-order chi connectivity index (χ1) is 20.7. The van der Waals surface area contributed by atoms with Gasteiger partial charge in [-0.3, -0.25) is 19.3 Å². The van der Waals surface area contributed by atoms with Gasteiger partial charge in [0.15, 0.2) is 11.4 Å². The Hall–Kier alpha value is -4.19. The number of amides is 1. The van der Waals surface area contributed by atoms with Crippen molar-refractivity contribution in [2.45, 2.75) is 50.3 Å². The second-order valence-electron chi connectivity index (χ2n) is 12.8. The quantitative estimate of drug-likeness (QED) is 0.244. The van der Waals surface area contributed by atoms with Crippen LogP contribution in [-0.2, 0) is 28.0 Å². The molecule has 11 nitrogen and oxygen atoms in total. The highest BCUT2D eigenvalue weighted by Gasteiger charge is 2.63. The van der Waals surface area contributed by atoms with Crippen molar-refractivity contribution in [3.8, 4) is 11.5 Å². The number of Topliss-reactive ketones (excluding diaryl/α,β-unsaturated/α-hetero) is 2. The molecule has 0 aromatic heterocycles. The largest absolute Gasteiger partial charge is 0.510 e. The number of likely N-dealkylation sites (N-methyl/N-ethyl adjacent to an activating group) is 1. The number of nitrogens with two attached hydrogens (primary N) is 1. The van der Waals surface area contributed by atoms with Crippen molar-refractivity contribution >= 4 is 17.5 Å². The molecule has 7 N–H and O–H groups in total. The Kier molecular flexibility index (Phi) is 7.86. The molecule has 0 radical (unpaired) electrons. The third-order valence-corrected chi connectivity index (χ3v) is 9.39. The van der Waals surface area contributed by atoms with Crippen LogP contribution in [0.4, 0.5) is 0 Å². The molecule has 11 heteroatoms. The van der Waals surface area contributed by atoms with Crippen LogP contribution in [0.3, 0.4) is 0 Å². The van der Waals surface area contributed by atoms with Crippen LogP contribution in [0, 0.1) is 11.8 Å². The van der Waals surface area contributed by atoms with Gasteiger partial charge in [0.1, 0.15) is 28.6 Å². The molecule has 1 amide bonds. The smallest absolute Gasteiger partial charge is 0.255 e. The van der Waals surface area contributed by atoms with Crippen molar-refractivity contribution in [3.05, 3.63) is 81.3 Å². The Morgan fingerprint density at radius 2 is 1.82 bits per heavy atom. The SMILES string of the molecule is COc1c(CNCC(C)(C)c2ccccc2)cc(O)c2c1C[C@H]1C[C@H]3[C@H](N(C)C)C(O)=C(C(N)=O)C(=O)[C@@]3(O)C(O)=C1C2=O. The number of primary amides is 1. The number of aliphatic hydroxyl groups excluding tert-OH is 2. The minimum atomic E-state index is -2.68. The van der Waals surface area contributed by atoms with E-state index in [1.165, 1.54) is 18.1 Å². The molecule has 0 spiro atoms. The molecule has 5 rings (SSSR count). The van der Waals surface area contributed by atoms with E-state index in [4.69, 9.17) is 10.5 Å². The molecule has 4 atom stereocenters. The van der Waals surface area contributed by atoms with Crippen LogP contribution in [-0.4, -0.2) is 82.2 Å². The van der Waals surface area contributed by atoms with Gasteiger partial charge in [-0.25, -0.2) is 0 Å². The molecular formula is C33H39N3O8. The number of ether oxygens (including phenoxy) is 1. The molecule has 0 saturated carbocycles. The molecule has 0 unspecified atom stereocenters. The fraction of sp³-hybridized carbons (Fsp3) is 0.424. The maximum absolute atomic E-state index is 13.9. The lowest BCUT2D eigenvalue weighted by Crippen LogP contribution is -2.63. The zero-order chi connectivity index (χ0) is 32.3. The molecule has 2 aromatic rings. The molecule has 234 valence electrons. The van der Waals surface area contributed by atoms with Gasteiger partial charge >= 0.3 is 0 Å². The van der Waals surface area contributed by atoms with Crippen molar-refractivity contribution in [3.63, 3.8) is 0 Å². The van der Waals surface area contributed by atoms with Crippen LogP contribution in [0.1, 0.15) is 47.3 Å². The highest BCUT2D eigenvalue weighted by molar-refractivity contribution is 6.24. The van der Waals surface area contributed by atoms with E-state index in [2.05, 4.69) is 31.3 Å². The third kappa shape index (κ3) is 4.66. The minimum Gasteiger partial charge on any atom is -0.510 e. The van der Waals surface area contributed by atoms with E-state index in [0.29, 0.717) is 30.0 Å². The molecule has 0 bridgehead atoms. The predicted molar refractivity (Wildman–Crippen MR) is 161 cm³/mol. The summed E-state index contributed by atoms with van der Waals surface area (Å²) in [7, 11) is 4.66. The second kappa shape index (κ2) is 11.1. The van der Waals surface area contributed by atoms with Crippen LogP contribution in [0.5, 0.6) is 11.5 Å². The van der Waals surface area contributed by atoms with Gasteiger partial charge in [0.25, 0.3) is 5.91 Å². The molecule has 0 fully saturated rings. The number of phenols is 1. The van der Waals surface area contributed by atoms with E-state index in [1.807, 2.05) is 18.2 Å². The zero-order valence-corrected chi connectivity index (χ0v) is 25.5. The normalized spacial score (nSPS) is 25.1. The summed E-state index contributed by atoms with van der Waals surface area (Å²) in [5.41, 5.74) is 3.63. The summed E-state index contributed by atoms with van der Waals surface area (Å²) in [5.74, 6) is -6.49. The van der Waals surface area contributed by atoms with Crippen molar-refractivity contribution in [2.24, 2.45) is 17.6 Å². The summed E-state index contributed by atoms with van der Waals surface area (Å²) >= 11 is 0. The summed E-state index contributed by atoms with van der Waals surface area (Å²) in [6.07, 6.45) is 0.151. The maximum atomic E-state index is 13.9. The lowest BCUT2D eigenvalue weighted by atomic mass is 9.58. The van der Waals surface area contributed by atoms with E-state index >= 15 is 0 Å². The third-order valence-electron chi connectivity index (χ3n) is 9.39. The molecule has 0 heterocycles. The van der Waals surface area contributed by atoms with Crippen LogP contribution >= 0.6 is 0 Å². The Bertz CT molecular complexity index is 1610. The second-order valence-corrected chi connectivity index (χ2v) is 12.8. The van der Waals surface area contributed by atoms with Gasteiger partial charge in [-0.05, 0) is 44.5 Å². The van der Waals surface area contributed by atoms with Crippen molar-refractivity contribution in [1.82, 2.24) is 10.2 Å². The summed E-state index contributed by atoms with van der Waals surface area (Å²) in [6, 6.07) is 10.5. The zero-order valence-electron chi connectivity index (χ0n) is 25.5. The first-order valence-corrected chi connectivity index (χ1v) is 14.5. The van der Waals surface area contributed by atoms with E-state index in [-0.39, 0.29) is 35.1 Å². The summed E-state index contributed by atoms with van der Waals surface area (Å²) < 4.78 is 5.79. The molecule has 0 saturated heterocycles. The first kappa shape index (κ1) is 31.2. The molecule has 3 aliphatic rings. The monoisotopic (exact) mass is 605 g/mol. The van der Waals surface area contributed by atoms with Gasteiger partial charge in [-0.2, -0.15) is 0 Å². The average molecular weight is 606 g/mol. The Morgan fingerprint density at radius 3 is 2.41 bits per heavy atom. The number of hydrogen-bond donors (Lipinski definition) is 6. The molecule has 0 aliphatic heterocycles. The maximum Gasteiger partial charge on any atom is 0.255 e. The molecular weight excluding hydrogens is 566 g/mol. The number of rotatable bonds is 8. The van der Waals surface area contributed by atoms with E-state index in [1.54, 1.807) is 14.1 Å². The Balaban J connectivity index is 1.54. The lowest BCUT2D eigenvalue weighted by molar-refractivity contribution is -0.148. The number of benzene rings is 2. The molecule has 3 aliphatic carbocycles. The number of fused-ring (bicyclic) bond motifs is 3. The average Bonchev–Trinajstić information content (AvgIpc) is 2.95. The predicted octanol–water partition coefficient (Wildman–Crippen LogP) is 2.20. The minimum absolute atomic E-state index is 0.00339. The number of nitrogens with zero attached hydrogens (tertiary/aromatic N) is 1. The van der Waals surface area contributed by atoms with Crippen molar-refractivity contribution in [1.29, 1.82) is 0 Å². The van der Waals surface area contributed by atoms with Gasteiger partial charge in [0, 0.05) is 41.1 Å². The molecule has 2 aromatic carbocycles. The number of methoxy groups -OCH3 is 1. The van der Waals surface area contributed by atoms with E-state index in [9.17, 15) is 34.8 Å². The first-order valence-electron chi connectivity index (χ1n) is 14.5. The number of ketones is 2. The molecule has 44 heavy (non-hydrogen) atoms. The summed E-state index contributed by atoms with van der Waals surface area (Å²) in [5, 5.41) is 48.7. The van der Waals surface area contributed by atoms with Crippen LogP contribution in [0.15, 0.2) is 59.1 Å². The summed E-state index contributed by atoms with van der Waals surface area (Å²) in [4.78, 5) is 41.1. The van der Waals surface area contributed by atoms with Gasteiger partial charge in [-0.15, -0.1) is 0 Å². The van der Waals surface area contributed by atoms with Gasteiger partial charge in [0.05, 0.1) is 18.7 Å². The summed E-state index contributed by atoms with van der Waals surface area (Å²) in [6.45, 7) is 5.19. The highest BCUT2D eigenvalue weighted by Crippen LogP contribution is 2.53. The number of hydrogen-bond acceptors (Lipinski definition) is 10. The fourth-order valence-corrected chi connectivity index (χ4v) is 7.25. The lowest BCUT2D eigenvalue weighted by Gasteiger charge is -2.50. The van der Waals surface area contributed by atoms with Gasteiger partial charge < -0.3 is 36.2 Å². The number of carbonyl (C=O) groups excluding carboxylic acids is 3. The number of phenolic OH excluding ortho intramolecular Hbond substituents is 1. The topological polar surface area (TPSA) is 183 Å². The van der Waals surface area contributed by atoms with Crippen LogP contribution < -0.4 is 15.8 Å². The number of aliphatic hydroxyl groups is 3. The Labute approximate surface area is 255 Å². The van der Waals surface area contributed by atoms with Crippen molar-refractivity contribution < 1.29 is 39.5 Å². The van der Waals surface area contributed by atoms with Crippen molar-refractivity contribution in [2.75, 3.05) is 27.7 Å². The number of allylic oxidation sites excluding steroid dienone is 1. The number of aromatic hydroxyl groups is 1. The fourth-order valence-electron chi connectivity index (χ4n) is 7.25. The Morgan fingerprint density at radius 1 is 1.16 bits per heavy atom. The van der Waals surface area contributed by atoms with Crippen LogP contribution in [0.2, 0.25) is 0 Å². The number of carbonyl (C=O) groups is 3. The standard InChI is InChI=1S/C33H39N3O8/c1-32(2,18-9-7-6-8-10-18)15-35-14-17-13-21(37)23-19(28(17)44-5)11-16-12-20-25(36(3)4)27(39)24(31(34)42)30(41)33(20,43)29(40)22(16)26(23)38/h6-10,13,16,20,25,35,37,39-40,43H,11-12,14-15H2,1-5H3,(H2,34,42)/t16-,20-,25-,33-/m0/s1. The highest BCUT2D eigenvalue weighted by atomic mass is 16.5. The van der Waals surface area contributed by atoms with Gasteiger partial charge in [0.2, 0.25) is 5.78 Å². The van der Waals surface area contributed by atoms with Gasteiger partial charge in [-0.1, -0.05) is 44.2 Å².